The van der Waals surface area contributed by atoms with Crippen molar-refractivity contribution in [3.05, 3.63) is 72.1 Å². The van der Waals surface area contributed by atoms with Gasteiger partial charge in [0.1, 0.15) is 11.8 Å². The third-order valence-electron chi connectivity index (χ3n) is 13.0. The molecule has 0 bridgehead atoms. The molecule has 0 radical (unpaired) electrons. The summed E-state index contributed by atoms with van der Waals surface area (Å²) < 4.78 is 18.3. The van der Waals surface area contributed by atoms with Crippen LogP contribution in [0.1, 0.15) is 111 Å². The molecule has 3 amide bonds. The predicted molar refractivity (Wildman–Crippen MR) is 242 cm³/mol. The number of hydrogen-bond acceptors (Lipinski definition) is 10. The van der Waals surface area contributed by atoms with Gasteiger partial charge in [0.15, 0.2) is 0 Å². The molecule has 13 nitrogen and oxygen atoms in total. The summed E-state index contributed by atoms with van der Waals surface area (Å²) >= 11 is 0. The van der Waals surface area contributed by atoms with Crippen molar-refractivity contribution in [2.75, 3.05) is 34.9 Å². The number of aromatic nitrogens is 2. The summed E-state index contributed by atoms with van der Waals surface area (Å²) in [7, 11) is 6.69. The number of carbonyl (C=O) groups is 4. The molecule has 3 aromatic rings. The first kappa shape index (κ1) is 50.2. The summed E-state index contributed by atoms with van der Waals surface area (Å²) in [5.41, 5.74) is 2.01. The number of amides is 3. The van der Waals surface area contributed by atoms with Crippen LogP contribution < -0.4 is 10.6 Å². The molecule has 62 heavy (non-hydrogen) atoms. The van der Waals surface area contributed by atoms with Gasteiger partial charge in [-0.25, -0.2) is 0 Å². The van der Waals surface area contributed by atoms with E-state index in [0.717, 1.165) is 24.0 Å². The number of Topliss-reactive ketones (excluding diaryl/α,β-unsaturated/α-hetero) is 1. The molecule has 0 aliphatic carbocycles. The van der Waals surface area contributed by atoms with E-state index < -0.39 is 36.3 Å². The quantitative estimate of drug-likeness (QED) is 0.0901. The average molecular weight is 859 g/mol. The van der Waals surface area contributed by atoms with Crippen molar-refractivity contribution in [3.8, 4) is 11.5 Å². The number of nitrogens with one attached hydrogen (secondary N) is 2. The van der Waals surface area contributed by atoms with Crippen LogP contribution in [0.15, 0.2) is 65.1 Å². The number of likely N-dealkylation sites (N-methyl/N-ethyl adjacent to an activating group) is 2. The monoisotopic (exact) mass is 859 g/mol. The number of nitrogens with zero attached hydrogens (tertiary/aromatic N) is 4. The van der Waals surface area contributed by atoms with Crippen LogP contribution in [0.3, 0.4) is 0 Å². The number of benzene rings is 2. The molecule has 342 valence electrons. The molecule has 1 saturated heterocycles. The molecule has 1 aromatic heterocycles. The van der Waals surface area contributed by atoms with Gasteiger partial charge in [0.2, 0.25) is 29.5 Å². The number of methoxy groups -OCH3 is 2. The Morgan fingerprint density at radius 2 is 1.55 bits per heavy atom. The van der Waals surface area contributed by atoms with Gasteiger partial charge in [0.05, 0.1) is 36.8 Å². The average Bonchev–Trinajstić information content (AvgIpc) is 3.97. The number of rotatable bonds is 25. The van der Waals surface area contributed by atoms with Gasteiger partial charge < -0.3 is 34.3 Å². The predicted octanol–water partition coefficient (Wildman–Crippen LogP) is 7.11. The van der Waals surface area contributed by atoms with Crippen LogP contribution in [0.4, 0.5) is 0 Å². The minimum atomic E-state index is -0.757. The zero-order valence-electron chi connectivity index (χ0n) is 39.1. The molecule has 1 unspecified atom stereocenters. The number of carbonyl (C=O) groups excluding carboxylic acids is 4. The summed E-state index contributed by atoms with van der Waals surface area (Å²) in [4.78, 5) is 59.3. The minimum absolute atomic E-state index is 0.0114. The third kappa shape index (κ3) is 13.0. The van der Waals surface area contributed by atoms with E-state index in [2.05, 4.69) is 46.8 Å². The lowest BCUT2D eigenvalue weighted by Gasteiger charge is -2.41. The maximum Gasteiger partial charge on any atom is 0.247 e. The fourth-order valence-electron chi connectivity index (χ4n) is 9.14. The van der Waals surface area contributed by atoms with Crippen LogP contribution in [-0.4, -0.2) is 115 Å². The Labute approximate surface area is 370 Å². The van der Waals surface area contributed by atoms with Gasteiger partial charge in [0, 0.05) is 51.6 Å². The van der Waals surface area contributed by atoms with E-state index in [1.165, 1.54) is 0 Å². The normalized spacial score (nSPS) is 18.1. The lowest BCUT2D eigenvalue weighted by Crippen LogP contribution is -2.59. The first-order valence-electron chi connectivity index (χ1n) is 22.7. The Morgan fingerprint density at radius 1 is 0.903 bits per heavy atom. The van der Waals surface area contributed by atoms with Gasteiger partial charge >= 0.3 is 0 Å². The van der Waals surface area contributed by atoms with E-state index in [4.69, 9.17) is 13.9 Å². The van der Waals surface area contributed by atoms with Gasteiger partial charge in [-0.3, -0.25) is 19.2 Å². The fourth-order valence-corrected chi connectivity index (χ4v) is 9.14. The van der Waals surface area contributed by atoms with Gasteiger partial charge in [-0.2, -0.15) is 0 Å². The van der Waals surface area contributed by atoms with Crippen molar-refractivity contribution in [2.24, 2.45) is 23.7 Å². The van der Waals surface area contributed by atoms with E-state index >= 15 is 0 Å². The molecule has 4 rings (SSSR count). The Bertz CT molecular complexity index is 1840. The lowest BCUT2D eigenvalue weighted by atomic mass is 9.87. The van der Waals surface area contributed by atoms with Crippen LogP contribution >= 0.6 is 0 Å². The second kappa shape index (κ2) is 24.4. The van der Waals surface area contributed by atoms with Gasteiger partial charge in [0.25, 0.3) is 0 Å². The Morgan fingerprint density at radius 3 is 2.13 bits per heavy atom. The van der Waals surface area contributed by atoms with Crippen LogP contribution in [0.2, 0.25) is 0 Å². The minimum Gasteiger partial charge on any atom is -0.420 e. The molecule has 1 fully saturated rings. The van der Waals surface area contributed by atoms with E-state index in [1.54, 1.807) is 33.2 Å². The van der Waals surface area contributed by atoms with Crippen LogP contribution in [-0.2, 0) is 35.1 Å². The zero-order chi connectivity index (χ0) is 45.5. The van der Waals surface area contributed by atoms with Gasteiger partial charge in [-0.05, 0) is 74.6 Å². The molecule has 2 aromatic carbocycles. The highest BCUT2D eigenvalue weighted by molar-refractivity contribution is 5.90. The zero-order valence-corrected chi connectivity index (χ0v) is 39.1. The molecule has 13 heteroatoms. The van der Waals surface area contributed by atoms with Crippen molar-refractivity contribution in [1.82, 2.24) is 30.6 Å². The number of hydrogen-bond donors (Lipinski definition) is 2. The number of ketones is 1. The summed E-state index contributed by atoms with van der Waals surface area (Å²) in [6.45, 7) is 14.3. The fraction of sp³-hybridized carbons (Fsp3) is 0.633. The summed E-state index contributed by atoms with van der Waals surface area (Å²) in [6.07, 6.45) is 3.57. The maximum absolute atomic E-state index is 14.3. The molecule has 1 aliphatic heterocycles. The molecule has 1 aliphatic rings. The third-order valence-corrected chi connectivity index (χ3v) is 13.0. The second-order valence-electron chi connectivity index (χ2n) is 17.9. The summed E-state index contributed by atoms with van der Waals surface area (Å²) in [5, 5.41) is 14.9. The SMILES string of the molecule is CC[C@H](C)C([C@@H](CC(=O)N1CCC[C@H]1[C@H](OC)[C@@H](C)C(=O)CCC[C@H](Cc1ccccc1)c1nnc(-c2ccccc2)o1)OC)N(C)C(=O)[C@@H](NC(=O)[C@@H](NC)C(C)C)C(C)C. The molecular formula is C49H74N6O7. The van der Waals surface area contributed by atoms with E-state index in [1.807, 2.05) is 88.0 Å². The molecule has 0 saturated carbocycles. The van der Waals surface area contributed by atoms with Crippen molar-refractivity contribution in [1.29, 1.82) is 0 Å². The largest absolute Gasteiger partial charge is 0.420 e. The smallest absolute Gasteiger partial charge is 0.247 e. The molecule has 2 heterocycles. The summed E-state index contributed by atoms with van der Waals surface area (Å²) in [5.74, 6) is -0.111. The highest BCUT2D eigenvalue weighted by Crippen LogP contribution is 2.32. The van der Waals surface area contributed by atoms with E-state index in [-0.39, 0.29) is 59.6 Å². The van der Waals surface area contributed by atoms with Gasteiger partial charge in [-0.15, -0.1) is 10.2 Å². The number of ether oxygens (including phenoxy) is 2. The van der Waals surface area contributed by atoms with Gasteiger partial charge in [-0.1, -0.05) is 103 Å². The van der Waals surface area contributed by atoms with Crippen molar-refractivity contribution < 1.29 is 33.1 Å². The highest BCUT2D eigenvalue weighted by Gasteiger charge is 2.43. The van der Waals surface area contributed by atoms with Crippen LogP contribution in [0, 0.1) is 23.7 Å². The Hall–Kier alpha value is -4.46. The standard InChI is InChI=1S/C49H74N6O7/c1-12-33(6)44(54(9)49(59)43(32(4)5)51-46(58)42(50-8)31(2)3)40(60-10)30-41(57)55-28-20-26-38(55)45(61-11)34(7)39(56)27-19-25-37(29-35-21-15-13-16-22-35)48-53-52-47(62-48)36-23-17-14-18-24-36/h13-18,21-24,31-34,37-38,40,42-45,50H,12,19-20,25-30H2,1-11H3,(H,51,58)/t33-,34-,37+,38-,40+,42-,43-,44?,45+/m0/s1. The van der Waals surface area contributed by atoms with E-state index in [9.17, 15) is 19.2 Å². The molecule has 9 atom stereocenters. The first-order valence-corrected chi connectivity index (χ1v) is 22.7. The Kier molecular flexibility index (Phi) is 19.8. The molecule has 0 spiro atoms. The molecule has 2 N–H and O–H groups in total. The van der Waals surface area contributed by atoms with Crippen LogP contribution in [0.5, 0.6) is 0 Å². The second-order valence-corrected chi connectivity index (χ2v) is 17.9. The summed E-state index contributed by atoms with van der Waals surface area (Å²) in [6, 6.07) is 18.0. The number of likely N-dealkylation sites (tertiary alicyclic amines) is 1. The van der Waals surface area contributed by atoms with Crippen molar-refractivity contribution >= 4 is 23.5 Å². The topological polar surface area (TPSA) is 156 Å². The maximum atomic E-state index is 14.3. The molecular weight excluding hydrogens is 785 g/mol. The van der Waals surface area contributed by atoms with Crippen molar-refractivity contribution in [3.63, 3.8) is 0 Å². The first-order chi connectivity index (χ1) is 29.7. The Balaban J connectivity index is 1.44. The highest BCUT2D eigenvalue weighted by atomic mass is 16.5. The van der Waals surface area contributed by atoms with Crippen molar-refractivity contribution in [2.45, 2.75) is 142 Å². The van der Waals surface area contributed by atoms with Crippen LogP contribution in [0.25, 0.3) is 11.5 Å². The van der Waals surface area contributed by atoms with E-state index in [0.29, 0.717) is 50.4 Å². The lowest BCUT2D eigenvalue weighted by molar-refractivity contribution is -0.147.